The summed E-state index contributed by atoms with van der Waals surface area (Å²) in [6.07, 6.45) is 13.0. The molecule has 1 aliphatic carbocycles. The highest BCUT2D eigenvalue weighted by atomic mass is 16.6. The van der Waals surface area contributed by atoms with E-state index in [1.807, 2.05) is 58.1 Å². The van der Waals surface area contributed by atoms with Crippen molar-refractivity contribution in [3.63, 3.8) is 0 Å². The number of ketones is 3. The molecule has 1 unspecified atom stereocenters. The van der Waals surface area contributed by atoms with Crippen molar-refractivity contribution in [2.75, 3.05) is 41.1 Å². The topological polar surface area (TPSA) is 205 Å². The summed E-state index contributed by atoms with van der Waals surface area (Å²) in [5, 5.41) is 32.8. The minimum absolute atomic E-state index is 0.0270. The third-order valence-electron chi connectivity index (χ3n) is 15.0. The summed E-state index contributed by atoms with van der Waals surface area (Å²) in [7, 11) is 4.60. The van der Waals surface area contributed by atoms with Gasteiger partial charge in [-0.25, -0.2) is 4.79 Å². The molecular weight excluding hydrogens is 875 g/mol. The maximum Gasteiger partial charge on any atom is 0.329 e. The molecule has 68 heavy (non-hydrogen) atoms. The SMILES string of the molecule is CO[C@H]1C[C@@H]2CC[C@@H](C)[C@@](O)(O2)C(=O)C(=O)N2CC=CC[C@H]2C(=O)O[C@H]([C@H](C)C[C@@H]2CC[C@@H](OCCO)[C@H](OC)C2)CC(=O)[C@H](C)CC(C)[C@@H](O)[C@@H](OC)C(=O)[C@H](C)C[C@H](C)/C=C/C=C/C=C/1C. The highest BCUT2D eigenvalue weighted by Gasteiger charge is 2.53. The molecule has 0 spiro atoms. The zero-order chi connectivity index (χ0) is 50.3. The second-order valence-corrected chi connectivity index (χ2v) is 20.3. The van der Waals surface area contributed by atoms with Crippen molar-refractivity contribution in [2.45, 2.75) is 174 Å². The number of allylic oxidation sites excluding steroid dienone is 5. The van der Waals surface area contributed by atoms with Gasteiger partial charge in [-0.2, -0.15) is 0 Å². The van der Waals surface area contributed by atoms with Crippen LogP contribution in [0.25, 0.3) is 0 Å². The maximum atomic E-state index is 14.4. The summed E-state index contributed by atoms with van der Waals surface area (Å²) in [4.78, 5) is 72.0. The van der Waals surface area contributed by atoms with Crippen LogP contribution >= 0.6 is 0 Å². The number of methoxy groups -OCH3 is 3. The summed E-state index contributed by atoms with van der Waals surface area (Å²) in [5.41, 5.74) is 0.875. The highest BCUT2D eigenvalue weighted by Crippen LogP contribution is 2.38. The number of carbonyl (C=O) groups excluding carboxylic acids is 5. The number of aliphatic hydroxyl groups excluding tert-OH is 2. The van der Waals surface area contributed by atoms with Gasteiger partial charge in [0, 0.05) is 58.5 Å². The molecule has 15 heteroatoms. The number of nitrogens with zero attached hydrogens (tertiary/aromatic N) is 1. The molecule has 0 aromatic rings. The minimum Gasteiger partial charge on any atom is -0.460 e. The lowest BCUT2D eigenvalue weighted by atomic mass is 9.78. The van der Waals surface area contributed by atoms with Gasteiger partial charge in [-0.05, 0) is 94.0 Å². The molecule has 1 saturated heterocycles. The van der Waals surface area contributed by atoms with Crippen molar-refractivity contribution < 1.29 is 67.7 Å². The number of carbonyl (C=O) groups is 5. The molecule has 2 bridgehead atoms. The molecule has 15 nitrogen and oxygen atoms in total. The summed E-state index contributed by atoms with van der Waals surface area (Å²) in [5.74, 6) is -8.33. The first-order valence-electron chi connectivity index (χ1n) is 25.0. The summed E-state index contributed by atoms with van der Waals surface area (Å²) < 4.78 is 35.6. The first-order chi connectivity index (χ1) is 32.3. The van der Waals surface area contributed by atoms with Crippen LogP contribution in [0.2, 0.25) is 0 Å². The van der Waals surface area contributed by atoms with Gasteiger partial charge >= 0.3 is 5.97 Å². The molecular formula is C53H83NO14. The molecule has 2 fully saturated rings. The van der Waals surface area contributed by atoms with Gasteiger partial charge < -0.3 is 48.6 Å². The van der Waals surface area contributed by atoms with E-state index in [-0.39, 0.29) is 80.5 Å². The Hall–Kier alpha value is -3.41. The minimum atomic E-state index is -2.45. The Labute approximate surface area is 405 Å². The molecule has 3 N–H and O–H groups in total. The molecule has 384 valence electrons. The Morgan fingerprint density at radius 2 is 1.59 bits per heavy atom. The van der Waals surface area contributed by atoms with E-state index in [1.165, 1.54) is 7.11 Å². The molecule has 4 rings (SSSR count). The van der Waals surface area contributed by atoms with Gasteiger partial charge in [0.05, 0.1) is 43.7 Å². The molecule has 16 atom stereocenters. The second-order valence-electron chi connectivity index (χ2n) is 20.3. The van der Waals surface area contributed by atoms with E-state index in [1.54, 1.807) is 47.1 Å². The average Bonchev–Trinajstić information content (AvgIpc) is 3.32. The van der Waals surface area contributed by atoms with Crippen molar-refractivity contribution in [3.8, 4) is 0 Å². The van der Waals surface area contributed by atoms with Crippen LogP contribution in [0.3, 0.4) is 0 Å². The number of fused-ring (bicyclic) bond motifs is 3. The van der Waals surface area contributed by atoms with E-state index in [2.05, 4.69) is 0 Å². The second kappa shape index (κ2) is 27.3. The number of rotatable bonds is 9. The normalized spacial score (nSPS) is 39.3. The lowest BCUT2D eigenvalue weighted by Gasteiger charge is -2.42. The van der Waals surface area contributed by atoms with Gasteiger partial charge in [0.1, 0.15) is 24.0 Å². The highest BCUT2D eigenvalue weighted by molar-refractivity contribution is 6.39. The Kier molecular flexibility index (Phi) is 22.9. The number of aliphatic hydroxyl groups is 3. The number of amides is 1. The van der Waals surface area contributed by atoms with Crippen molar-refractivity contribution in [1.29, 1.82) is 0 Å². The number of esters is 1. The van der Waals surface area contributed by atoms with E-state index in [0.717, 1.165) is 16.9 Å². The van der Waals surface area contributed by atoms with Crippen molar-refractivity contribution in [2.24, 2.45) is 41.4 Å². The zero-order valence-corrected chi connectivity index (χ0v) is 42.4. The smallest absolute Gasteiger partial charge is 0.329 e. The standard InChI is InChI=1S/C53H83NO14/c1-32-16-12-11-13-17-33(2)44(63-8)30-40-21-19-38(7)53(62,68-40)50(59)51(60)54-23-15-14-18-41(54)52(61)67-45(35(4)28-39-20-22-43(66-25-24-55)46(29-39)64-9)31-42(56)34(3)27-37(6)48(58)49(65-10)47(57)36(5)26-32/h11-17,32,34-41,43-46,48-49,55,58,62H,18-31H2,1-10H3/b13-11+,16-12+,33-17+/t32-,34-,35-,36-,37?,38-,39+,40+,41+,43-,44+,45+,46-,48-,49+,53-/m1/s1. The van der Waals surface area contributed by atoms with Gasteiger partial charge in [-0.15, -0.1) is 0 Å². The fraction of sp³-hybridized carbons (Fsp3) is 0.755. The van der Waals surface area contributed by atoms with Gasteiger partial charge in [-0.3, -0.25) is 19.2 Å². The third kappa shape index (κ3) is 15.3. The fourth-order valence-corrected chi connectivity index (χ4v) is 10.5. The number of hydrogen-bond donors (Lipinski definition) is 3. The molecule has 4 aliphatic rings. The van der Waals surface area contributed by atoms with Gasteiger partial charge in [-0.1, -0.05) is 84.1 Å². The van der Waals surface area contributed by atoms with Gasteiger partial charge in [0.15, 0.2) is 5.78 Å². The largest absolute Gasteiger partial charge is 0.460 e. The van der Waals surface area contributed by atoms with E-state index in [0.29, 0.717) is 44.9 Å². The quantitative estimate of drug-likeness (QED) is 0.137. The van der Waals surface area contributed by atoms with Crippen LogP contribution in [0.1, 0.15) is 119 Å². The Bertz CT molecular complexity index is 1790. The molecule has 0 radical (unpaired) electrons. The van der Waals surface area contributed by atoms with E-state index in [4.69, 9.17) is 28.4 Å². The van der Waals surface area contributed by atoms with E-state index < -0.39 is 83.7 Å². The maximum absolute atomic E-state index is 14.4. The Morgan fingerprint density at radius 1 is 0.853 bits per heavy atom. The predicted molar refractivity (Wildman–Crippen MR) is 256 cm³/mol. The zero-order valence-electron chi connectivity index (χ0n) is 42.4. The molecule has 1 amide bonds. The lowest BCUT2D eigenvalue weighted by Crippen LogP contribution is -2.60. The number of Topliss-reactive ketones (excluding diaryl/α,β-unsaturated/α-hetero) is 3. The first kappa shape index (κ1) is 57.2. The third-order valence-corrected chi connectivity index (χ3v) is 15.0. The van der Waals surface area contributed by atoms with Crippen LogP contribution in [-0.2, 0) is 52.4 Å². The lowest BCUT2D eigenvalue weighted by molar-refractivity contribution is -0.265. The Balaban J connectivity index is 1.68. The number of hydrogen-bond acceptors (Lipinski definition) is 14. The summed E-state index contributed by atoms with van der Waals surface area (Å²) >= 11 is 0. The van der Waals surface area contributed by atoms with Gasteiger partial charge in [0.2, 0.25) is 5.79 Å². The van der Waals surface area contributed by atoms with Crippen LogP contribution in [0.4, 0.5) is 0 Å². The van der Waals surface area contributed by atoms with Crippen LogP contribution in [0.15, 0.2) is 48.1 Å². The molecule has 3 aliphatic heterocycles. The van der Waals surface area contributed by atoms with Crippen LogP contribution < -0.4 is 0 Å². The predicted octanol–water partition coefficient (Wildman–Crippen LogP) is 6.05. The molecule has 0 aromatic carbocycles. The summed E-state index contributed by atoms with van der Waals surface area (Å²) in [6.45, 7) is 12.9. The molecule has 1 saturated carbocycles. The van der Waals surface area contributed by atoms with Crippen molar-refractivity contribution in [3.05, 3.63) is 48.1 Å². The summed E-state index contributed by atoms with van der Waals surface area (Å²) in [6, 6.07) is -1.22. The first-order valence-corrected chi connectivity index (χ1v) is 25.0. The van der Waals surface area contributed by atoms with E-state index >= 15 is 0 Å². The van der Waals surface area contributed by atoms with Gasteiger partial charge in [0.25, 0.3) is 11.7 Å². The average molecular weight is 958 g/mol. The van der Waals surface area contributed by atoms with Crippen LogP contribution in [0.5, 0.6) is 0 Å². The van der Waals surface area contributed by atoms with Crippen molar-refractivity contribution >= 4 is 29.2 Å². The number of cyclic esters (lactones) is 1. The molecule has 0 aromatic heterocycles. The van der Waals surface area contributed by atoms with E-state index in [9.17, 15) is 39.3 Å². The number of ether oxygens (including phenoxy) is 6. The van der Waals surface area contributed by atoms with Crippen LogP contribution in [0, 0.1) is 41.4 Å². The molecule has 3 heterocycles. The van der Waals surface area contributed by atoms with Crippen molar-refractivity contribution in [1.82, 2.24) is 4.90 Å². The monoisotopic (exact) mass is 958 g/mol. The van der Waals surface area contributed by atoms with Crippen LogP contribution in [-0.4, -0.2) is 145 Å². The Morgan fingerprint density at radius 3 is 2.26 bits per heavy atom. The fourth-order valence-electron chi connectivity index (χ4n) is 10.5.